The Morgan fingerprint density at radius 2 is 1.60 bits per heavy atom. The SMILES string of the molecule is PCSCP. The van der Waals surface area contributed by atoms with Crippen LogP contribution in [0.5, 0.6) is 0 Å². The smallest absolute Gasteiger partial charge is 0.00822 e. The molecule has 5 heavy (non-hydrogen) atoms. The van der Waals surface area contributed by atoms with Gasteiger partial charge in [-0.25, -0.2) is 0 Å². The average molecular weight is 126 g/mol. The van der Waals surface area contributed by atoms with E-state index in [4.69, 9.17) is 0 Å². The van der Waals surface area contributed by atoms with Crippen molar-refractivity contribution in [2.45, 2.75) is 0 Å². The molecule has 0 aromatic carbocycles. The second kappa shape index (κ2) is 5.21. The molecule has 0 bridgehead atoms. The Morgan fingerprint density at radius 3 is 1.60 bits per heavy atom. The summed E-state index contributed by atoms with van der Waals surface area (Å²) in [5.74, 6) is 0. The first-order valence-electron chi connectivity index (χ1n) is 1.39. The molecule has 0 aliphatic heterocycles. The Bertz CT molecular complexity index is 15.1. The van der Waals surface area contributed by atoms with Crippen molar-refractivity contribution in [1.82, 2.24) is 0 Å². The highest BCUT2D eigenvalue weighted by Crippen LogP contribution is 2.06. The molecule has 0 aliphatic rings. The first kappa shape index (κ1) is 6.21. The lowest BCUT2D eigenvalue weighted by atomic mass is 11.9. The minimum Gasteiger partial charge on any atom is -0.154 e. The lowest BCUT2D eigenvalue weighted by molar-refractivity contribution is 2.17. The van der Waals surface area contributed by atoms with Crippen LogP contribution >= 0.6 is 30.2 Å². The molecule has 0 radical (unpaired) electrons. The highest BCUT2D eigenvalue weighted by molar-refractivity contribution is 8.05. The summed E-state index contributed by atoms with van der Waals surface area (Å²) in [7, 11) is 5.30. The van der Waals surface area contributed by atoms with Crippen molar-refractivity contribution in [3.05, 3.63) is 0 Å². The predicted molar refractivity (Wildman–Crippen MR) is 36.7 cm³/mol. The van der Waals surface area contributed by atoms with Gasteiger partial charge in [-0.3, -0.25) is 0 Å². The Morgan fingerprint density at radius 1 is 1.20 bits per heavy atom. The van der Waals surface area contributed by atoms with Gasteiger partial charge in [-0.1, -0.05) is 0 Å². The van der Waals surface area contributed by atoms with E-state index in [2.05, 4.69) is 18.5 Å². The fourth-order valence-electron chi connectivity index (χ4n) is 0.0680. The van der Waals surface area contributed by atoms with Crippen LogP contribution in [0.25, 0.3) is 0 Å². The van der Waals surface area contributed by atoms with E-state index in [0.29, 0.717) is 0 Å². The van der Waals surface area contributed by atoms with Gasteiger partial charge in [-0.15, -0.1) is 18.5 Å². The Kier molecular flexibility index (Phi) is 6.47. The summed E-state index contributed by atoms with van der Waals surface area (Å²) in [5.41, 5.74) is 2.31. The van der Waals surface area contributed by atoms with Gasteiger partial charge in [0, 0.05) is 11.0 Å². The summed E-state index contributed by atoms with van der Waals surface area (Å²) in [5, 5.41) is 0. The number of thioether (sulfide) groups is 1. The van der Waals surface area contributed by atoms with Crippen LogP contribution in [-0.4, -0.2) is 11.0 Å². The summed E-state index contributed by atoms with van der Waals surface area (Å²) in [6, 6.07) is 0. The van der Waals surface area contributed by atoms with Gasteiger partial charge >= 0.3 is 0 Å². The van der Waals surface area contributed by atoms with Crippen LogP contribution in [0, 0.1) is 0 Å². The topological polar surface area (TPSA) is 0 Å². The van der Waals surface area contributed by atoms with Gasteiger partial charge in [-0.2, -0.15) is 11.8 Å². The molecule has 0 heterocycles. The molecular formula is C2H8P2S. The first-order chi connectivity index (χ1) is 2.41. The average Bonchev–Trinajstić information content (AvgIpc) is 1.41. The highest BCUT2D eigenvalue weighted by atomic mass is 32.2. The van der Waals surface area contributed by atoms with E-state index in [9.17, 15) is 0 Å². The normalized spacial score (nSPS) is 8.40. The Balaban J connectivity index is 2.19. The molecule has 32 valence electrons. The molecule has 0 nitrogen and oxygen atoms in total. The van der Waals surface area contributed by atoms with Gasteiger partial charge in [-0.05, 0) is 0 Å². The molecule has 0 saturated heterocycles. The molecule has 0 spiro atoms. The largest absolute Gasteiger partial charge is 0.154 e. The van der Waals surface area contributed by atoms with Gasteiger partial charge in [0.25, 0.3) is 0 Å². The third-order valence-corrected chi connectivity index (χ3v) is 2.12. The summed E-state index contributed by atoms with van der Waals surface area (Å²) in [6.45, 7) is 0. The zero-order valence-electron chi connectivity index (χ0n) is 2.98. The minimum absolute atomic E-state index is 1.16. The maximum atomic E-state index is 2.65. The molecule has 0 N–H and O–H groups in total. The lowest BCUT2D eigenvalue weighted by Gasteiger charge is -1.80. The minimum atomic E-state index is 1.16. The quantitative estimate of drug-likeness (QED) is 0.504. The van der Waals surface area contributed by atoms with Crippen molar-refractivity contribution in [3.63, 3.8) is 0 Å². The molecule has 0 fully saturated rings. The maximum Gasteiger partial charge on any atom is 0.00822 e. The van der Waals surface area contributed by atoms with Crippen molar-refractivity contribution in [2.75, 3.05) is 11.0 Å². The van der Waals surface area contributed by atoms with Crippen LogP contribution < -0.4 is 0 Å². The second-order valence-corrected chi connectivity index (χ2v) is 3.61. The van der Waals surface area contributed by atoms with Crippen molar-refractivity contribution in [3.8, 4) is 0 Å². The summed E-state index contributed by atoms with van der Waals surface area (Å²) in [4.78, 5) is 0. The van der Waals surface area contributed by atoms with Gasteiger partial charge in [0.2, 0.25) is 0 Å². The third kappa shape index (κ3) is 5.21. The molecule has 0 aromatic heterocycles. The molecule has 0 saturated carbocycles. The summed E-state index contributed by atoms with van der Waals surface area (Å²) >= 11 is 1.89. The monoisotopic (exact) mass is 126 g/mol. The third-order valence-electron chi connectivity index (χ3n) is 0.236. The molecular weight excluding hydrogens is 118 g/mol. The van der Waals surface area contributed by atoms with Crippen molar-refractivity contribution >= 4 is 30.2 Å². The standard InChI is InChI=1S/C2H8P2S/c3-1-5-2-4/h1-4H2. The second-order valence-electron chi connectivity index (χ2n) is 0.537. The molecule has 3 heteroatoms. The van der Waals surface area contributed by atoms with Crippen molar-refractivity contribution in [2.24, 2.45) is 0 Å². The molecule has 0 aliphatic carbocycles. The number of hydrogen-bond acceptors (Lipinski definition) is 1. The van der Waals surface area contributed by atoms with Crippen molar-refractivity contribution < 1.29 is 0 Å². The van der Waals surface area contributed by atoms with E-state index in [1.807, 2.05) is 11.8 Å². The number of rotatable bonds is 2. The molecule has 2 unspecified atom stereocenters. The van der Waals surface area contributed by atoms with Crippen LogP contribution in [0.4, 0.5) is 0 Å². The lowest BCUT2D eigenvalue weighted by Crippen LogP contribution is -1.54. The molecule has 0 aromatic rings. The zero-order valence-corrected chi connectivity index (χ0v) is 6.10. The van der Waals surface area contributed by atoms with E-state index in [1.54, 1.807) is 0 Å². The van der Waals surface area contributed by atoms with Crippen molar-refractivity contribution in [1.29, 1.82) is 0 Å². The molecule has 0 rings (SSSR count). The van der Waals surface area contributed by atoms with Crippen LogP contribution in [-0.2, 0) is 0 Å². The first-order valence-corrected chi connectivity index (χ1v) is 4.18. The van der Waals surface area contributed by atoms with Gasteiger partial charge in [0.15, 0.2) is 0 Å². The van der Waals surface area contributed by atoms with E-state index >= 15 is 0 Å². The summed E-state index contributed by atoms with van der Waals surface area (Å²) < 4.78 is 0. The van der Waals surface area contributed by atoms with Crippen LogP contribution in [0.15, 0.2) is 0 Å². The zero-order chi connectivity index (χ0) is 4.12. The maximum absolute atomic E-state index is 2.65. The Labute approximate surface area is 41.9 Å². The Hall–Kier alpha value is 1.21. The molecule has 0 amide bonds. The van der Waals surface area contributed by atoms with E-state index in [0.717, 1.165) is 11.0 Å². The van der Waals surface area contributed by atoms with E-state index in [-0.39, 0.29) is 0 Å². The number of hydrogen-bond donors (Lipinski definition) is 0. The van der Waals surface area contributed by atoms with E-state index < -0.39 is 0 Å². The van der Waals surface area contributed by atoms with Crippen LogP contribution in [0.2, 0.25) is 0 Å². The predicted octanol–water partition coefficient (Wildman–Crippen LogP) is 1.38. The molecule has 2 atom stereocenters. The van der Waals surface area contributed by atoms with Gasteiger partial charge in [0.05, 0.1) is 0 Å². The van der Waals surface area contributed by atoms with Crippen LogP contribution in [0.3, 0.4) is 0 Å². The van der Waals surface area contributed by atoms with Gasteiger partial charge in [0.1, 0.15) is 0 Å². The highest BCUT2D eigenvalue weighted by Gasteiger charge is 1.67. The van der Waals surface area contributed by atoms with Gasteiger partial charge < -0.3 is 0 Å². The summed E-state index contributed by atoms with van der Waals surface area (Å²) in [6.07, 6.45) is 0. The van der Waals surface area contributed by atoms with Crippen LogP contribution in [0.1, 0.15) is 0 Å². The fraction of sp³-hybridized carbons (Fsp3) is 1.00. The van der Waals surface area contributed by atoms with E-state index in [1.165, 1.54) is 0 Å². The fourth-order valence-corrected chi connectivity index (χ4v) is 1.84.